The maximum Gasteiger partial charge on any atom is 0.255 e. The van der Waals surface area contributed by atoms with Crippen LogP contribution < -0.4 is 20.1 Å². The van der Waals surface area contributed by atoms with E-state index in [0.717, 1.165) is 40.8 Å². The highest BCUT2D eigenvalue weighted by Crippen LogP contribution is 2.40. The predicted octanol–water partition coefficient (Wildman–Crippen LogP) is 7.96. The average molecular weight is 618 g/mol. The van der Waals surface area contributed by atoms with E-state index in [9.17, 15) is 4.79 Å². The van der Waals surface area contributed by atoms with Crippen molar-refractivity contribution in [1.82, 2.24) is 14.8 Å². The molecule has 8 nitrogen and oxygen atoms in total. The molecular weight excluding hydrogens is 582 g/mol. The van der Waals surface area contributed by atoms with E-state index < -0.39 is 6.04 Å². The number of anilines is 2. The number of aryl methyl sites for hydroxylation is 1. The van der Waals surface area contributed by atoms with E-state index in [2.05, 4.69) is 17.6 Å². The molecule has 1 aliphatic heterocycles. The van der Waals surface area contributed by atoms with Crippen LogP contribution in [0, 0.1) is 13.8 Å². The standard InChI is InChI=1S/C33H36ClN5O3S/c1-6-7-17-42-27-16-15-23(18-28(27)41-5)30-29(31(40)36-26-14-10-11-20(2)21(26)3)22(4)35-32-37-33(38-39(30)32)43-19-24-12-8-9-13-25(24)34/h8-16,18,30H,6-7,17,19H2,1-5H3,(H,36,40)(H,35,37,38). The van der Waals surface area contributed by atoms with Gasteiger partial charge in [-0.25, -0.2) is 4.68 Å². The van der Waals surface area contributed by atoms with Crippen LogP contribution in [-0.2, 0) is 10.5 Å². The van der Waals surface area contributed by atoms with Crippen molar-refractivity contribution in [3.8, 4) is 11.5 Å². The highest BCUT2D eigenvalue weighted by atomic mass is 35.5. The molecule has 1 unspecified atom stereocenters. The van der Waals surface area contributed by atoms with Crippen LogP contribution >= 0.6 is 23.4 Å². The van der Waals surface area contributed by atoms with Crippen LogP contribution in [0.4, 0.5) is 11.6 Å². The first-order valence-electron chi connectivity index (χ1n) is 14.3. The number of allylic oxidation sites excluding steroid dienone is 1. The number of carbonyl (C=O) groups is 1. The lowest BCUT2D eigenvalue weighted by Crippen LogP contribution is -2.31. The van der Waals surface area contributed by atoms with Gasteiger partial charge in [0.25, 0.3) is 5.91 Å². The van der Waals surface area contributed by atoms with E-state index in [0.29, 0.717) is 51.3 Å². The minimum Gasteiger partial charge on any atom is -0.493 e. The highest BCUT2D eigenvalue weighted by molar-refractivity contribution is 7.98. The minimum absolute atomic E-state index is 0.225. The molecule has 4 aromatic rings. The fraction of sp³-hybridized carbons (Fsp3) is 0.303. The van der Waals surface area contributed by atoms with Gasteiger partial charge >= 0.3 is 0 Å². The molecule has 0 radical (unpaired) electrons. The molecule has 1 aromatic heterocycles. The Balaban J connectivity index is 1.53. The maximum atomic E-state index is 14.0. The Morgan fingerprint density at radius 1 is 1.09 bits per heavy atom. The molecule has 0 saturated heterocycles. The molecule has 10 heteroatoms. The summed E-state index contributed by atoms with van der Waals surface area (Å²) >= 11 is 7.88. The summed E-state index contributed by atoms with van der Waals surface area (Å²) in [6.07, 6.45) is 1.98. The lowest BCUT2D eigenvalue weighted by atomic mass is 9.94. The van der Waals surface area contributed by atoms with Gasteiger partial charge in [-0.2, -0.15) is 4.98 Å². The van der Waals surface area contributed by atoms with Crippen molar-refractivity contribution in [3.63, 3.8) is 0 Å². The molecule has 1 aliphatic rings. The summed E-state index contributed by atoms with van der Waals surface area (Å²) < 4.78 is 13.5. The van der Waals surface area contributed by atoms with Crippen LogP contribution in [0.3, 0.4) is 0 Å². The first kappa shape index (κ1) is 30.5. The van der Waals surface area contributed by atoms with Gasteiger partial charge in [-0.05, 0) is 73.7 Å². The average Bonchev–Trinajstić information content (AvgIpc) is 3.41. The number of nitrogens with zero attached hydrogens (tertiary/aromatic N) is 3. The topological polar surface area (TPSA) is 90.3 Å². The third-order valence-electron chi connectivity index (χ3n) is 7.50. The molecule has 0 bridgehead atoms. The molecule has 224 valence electrons. The molecule has 2 heterocycles. The van der Waals surface area contributed by atoms with Gasteiger partial charge in [0.1, 0.15) is 6.04 Å². The van der Waals surface area contributed by atoms with E-state index >= 15 is 0 Å². The normalized spacial score (nSPS) is 14.2. The Kier molecular flexibility index (Phi) is 9.62. The summed E-state index contributed by atoms with van der Waals surface area (Å²) in [4.78, 5) is 18.8. The van der Waals surface area contributed by atoms with Crippen molar-refractivity contribution in [2.45, 2.75) is 57.5 Å². The Morgan fingerprint density at radius 3 is 2.67 bits per heavy atom. The number of amides is 1. The van der Waals surface area contributed by atoms with Crippen LogP contribution in [0.1, 0.15) is 55.0 Å². The number of unbranched alkanes of at least 4 members (excludes halogenated alkanes) is 1. The smallest absolute Gasteiger partial charge is 0.255 e. The molecule has 1 amide bonds. The zero-order chi connectivity index (χ0) is 30.5. The highest BCUT2D eigenvalue weighted by Gasteiger charge is 2.35. The van der Waals surface area contributed by atoms with Crippen molar-refractivity contribution in [1.29, 1.82) is 0 Å². The number of nitrogens with one attached hydrogen (secondary N) is 2. The lowest BCUT2D eigenvalue weighted by molar-refractivity contribution is -0.113. The number of hydrogen-bond donors (Lipinski definition) is 2. The van der Waals surface area contributed by atoms with Crippen LogP contribution in [0.15, 0.2) is 77.1 Å². The fourth-order valence-corrected chi connectivity index (χ4v) is 6.04. The summed E-state index contributed by atoms with van der Waals surface area (Å²) in [5.74, 6) is 2.18. The van der Waals surface area contributed by atoms with E-state index in [4.69, 9.17) is 31.2 Å². The predicted molar refractivity (Wildman–Crippen MR) is 173 cm³/mol. The second kappa shape index (κ2) is 13.6. The van der Waals surface area contributed by atoms with Crippen molar-refractivity contribution >= 4 is 40.9 Å². The second-order valence-corrected chi connectivity index (χ2v) is 11.8. The molecule has 0 spiro atoms. The van der Waals surface area contributed by atoms with E-state index in [1.54, 1.807) is 11.8 Å². The molecule has 0 aliphatic carbocycles. The monoisotopic (exact) mass is 617 g/mol. The summed E-state index contributed by atoms with van der Waals surface area (Å²) in [7, 11) is 1.62. The summed E-state index contributed by atoms with van der Waals surface area (Å²) in [5, 5.41) is 12.6. The van der Waals surface area contributed by atoms with Gasteiger partial charge in [0, 0.05) is 22.2 Å². The van der Waals surface area contributed by atoms with E-state index in [-0.39, 0.29) is 5.91 Å². The molecule has 1 atom stereocenters. The van der Waals surface area contributed by atoms with Gasteiger partial charge in [-0.15, -0.1) is 5.10 Å². The zero-order valence-electron chi connectivity index (χ0n) is 25.0. The zero-order valence-corrected chi connectivity index (χ0v) is 26.6. The lowest BCUT2D eigenvalue weighted by Gasteiger charge is -2.29. The Bertz CT molecular complexity index is 1670. The number of thioether (sulfide) groups is 1. The molecule has 43 heavy (non-hydrogen) atoms. The van der Waals surface area contributed by atoms with E-state index in [1.165, 1.54) is 11.8 Å². The van der Waals surface area contributed by atoms with Gasteiger partial charge in [0.2, 0.25) is 11.1 Å². The fourth-order valence-electron chi connectivity index (χ4n) is 4.93. The van der Waals surface area contributed by atoms with Gasteiger partial charge in [0.05, 0.1) is 19.3 Å². The minimum atomic E-state index is -0.567. The van der Waals surface area contributed by atoms with Gasteiger partial charge in [-0.3, -0.25) is 4.79 Å². The largest absolute Gasteiger partial charge is 0.493 e. The number of methoxy groups -OCH3 is 1. The number of fused-ring (bicyclic) bond motifs is 1. The number of halogens is 1. The van der Waals surface area contributed by atoms with Crippen molar-refractivity contribution in [2.75, 3.05) is 24.4 Å². The summed E-state index contributed by atoms with van der Waals surface area (Å²) in [6.45, 7) is 8.64. The summed E-state index contributed by atoms with van der Waals surface area (Å²) in [5.41, 5.74) is 5.92. The molecule has 0 saturated carbocycles. The number of ether oxygens (including phenoxy) is 2. The first-order valence-corrected chi connectivity index (χ1v) is 15.7. The number of rotatable bonds is 11. The van der Waals surface area contributed by atoms with E-state index in [1.807, 2.05) is 81.4 Å². The van der Waals surface area contributed by atoms with Crippen LogP contribution in [0.25, 0.3) is 0 Å². The molecular formula is C33H36ClN5O3S. The van der Waals surface area contributed by atoms with Crippen molar-refractivity contribution < 1.29 is 14.3 Å². The first-order chi connectivity index (χ1) is 20.8. The van der Waals surface area contributed by atoms with Gasteiger partial charge in [0.15, 0.2) is 11.5 Å². The third kappa shape index (κ3) is 6.68. The van der Waals surface area contributed by atoms with Gasteiger partial charge < -0.3 is 20.1 Å². The Labute approximate surface area is 261 Å². The molecule has 5 rings (SSSR count). The molecule has 2 N–H and O–H groups in total. The number of hydrogen-bond acceptors (Lipinski definition) is 7. The maximum absolute atomic E-state index is 14.0. The number of aromatic nitrogens is 3. The summed E-state index contributed by atoms with van der Waals surface area (Å²) in [6, 6.07) is 18.8. The molecule has 0 fully saturated rings. The van der Waals surface area contributed by atoms with Crippen LogP contribution in [-0.4, -0.2) is 34.4 Å². The quantitative estimate of drug-likeness (QED) is 0.130. The SMILES string of the molecule is CCCCOc1ccc(C2C(C(=O)Nc3cccc(C)c3C)=C(C)Nc3nc(SCc4ccccc4Cl)nn32)cc1OC. The Hall–Kier alpha value is -3.95. The van der Waals surface area contributed by atoms with Crippen molar-refractivity contribution in [3.05, 3.63) is 99.2 Å². The van der Waals surface area contributed by atoms with Gasteiger partial charge in [-0.1, -0.05) is 73.1 Å². The third-order valence-corrected chi connectivity index (χ3v) is 8.76. The van der Waals surface area contributed by atoms with Crippen molar-refractivity contribution in [2.24, 2.45) is 0 Å². The van der Waals surface area contributed by atoms with Crippen LogP contribution in [0.5, 0.6) is 11.5 Å². The second-order valence-electron chi connectivity index (χ2n) is 10.4. The molecule has 3 aromatic carbocycles. The number of carbonyl (C=O) groups excluding carboxylic acids is 1. The number of benzene rings is 3. The Morgan fingerprint density at radius 2 is 1.91 bits per heavy atom. The van der Waals surface area contributed by atoms with Crippen LogP contribution in [0.2, 0.25) is 5.02 Å².